The number of likely N-dealkylation sites (N-methyl/N-ethyl adjacent to an activating group) is 1. The van der Waals surface area contributed by atoms with Gasteiger partial charge in [-0.15, -0.1) is 0 Å². The minimum atomic E-state index is 0.274. The zero-order valence-electron chi connectivity index (χ0n) is 77.4. The standard InChI is InChI=1S/C20H23N7.C20H26N6.C20H28N6.2C20H27N5O/c1-13-4-2-3-5-16(13)17-10-14(18-19(21)26-27-20(18)25-17)6-8-22-9-7-15-11-23-12-24-15;1-14-5-3-4-6-16(14)17-13-15(18-19(21)23-24-20(18)22-17)7-8-26-11-9-25(2)10-12-26;1-14-7-4-5-8-16(14)17-13-15(9-11-22-10-6-12-26(2)3)18-19(21)24-25-20(18)23-17;1-14-7-3-4-8-16(14)17-13-15(9-11-22-10-5-2-6-12-26)18-19(21)24-25-20(18)23-17;1-3-26-12-6-10-22-11-9-15-13-17(16-8-5-4-7-14(16)2)23-20-18(15)19(21)24-25-20/h2-5,10-12,22H,6-9H2,1H3,(H,23,24)(H3,21,25,26,27);3-6,13H,7-12H2,1-2H3,(H3,21,22,23,24);4-5,7-8,13,22H,6,9-12H2,1-3H3,(H3,21,23,24,25);3-4,7-8,13,22,26H,2,5-6,9-12H2,1H3,(H3,21,23,24,25);4-5,7-8,13,22H,3,6,9-12H2,1-2H3,(H3,21,23,24,25). The summed E-state index contributed by atoms with van der Waals surface area (Å²) in [4.78, 5) is 37.8. The monoisotopic (exact) mass is 1770 g/mol. The number of fused-ring (bicyclic) bond motifs is 5. The predicted octanol–water partition coefficient (Wildman–Crippen LogP) is 13.4. The summed E-state index contributed by atoms with van der Waals surface area (Å²) < 4.78 is 5.36. The number of hydrogen-bond donors (Lipinski definition) is 16. The highest BCUT2D eigenvalue weighted by atomic mass is 16.5. The van der Waals surface area contributed by atoms with E-state index in [0.29, 0.717) is 57.3 Å². The Morgan fingerprint density at radius 2 is 0.702 bits per heavy atom. The number of aliphatic hydroxyl groups excluding tert-OH is 1. The van der Waals surface area contributed by atoms with Gasteiger partial charge in [0.1, 0.15) is 29.1 Å². The molecular formula is C100H131N29O2. The normalized spacial score (nSPS) is 12.4. The topological polar surface area (TPSA) is 454 Å². The van der Waals surface area contributed by atoms with E-state index in [1.807, 2.05) is 61.7 Å². The summed E-state index contributed by atoms with van der Waals surface area (Å²) in [6, 6.07) is 52.1. The fraction of sp³-hybridized carbons (Fsp3) is 0.370. The lowest BCUT2D eigenvalue weighted by molar-refractivity contribution is 0.145. The molecule has 12 heterocycles. The number of rotatable bonds is 37. The van der Waals surface area contributed by atoms with Gasteiger partial charge in [-0.2, -0.15) is 25.5 Å². The van der Waals surface area contributed by atoms with Crippen molar-refractivity contribution in [2.75, 3.05) is 161 Å². The third-order valence-electron chi connectivity index (χ3n) is 23.8. The van der Waals surface area contributed by atoms with E-state index >= 15 is 0 Å². The Morgan fingerprint density at radius 1 is 0.389 bits per heavy atom. The van der Waals surface area contributed by atoms with Crippen LogP contribution >= 0.6 is 0 Å². The summed E-state index contributed by atoms with van der Waals surface area (Å²) >= 11 is 0. The third-order valence-corrected chi connectivity index (χ3v) is 23.8. The maximum Gasteiger partial charge on any atom is 0.183 e. The zero-order chi connectivity index (χ0) is 92.0. The smallest absolute Gasteiger partial charge is 0.183 e. The second-order valence-electron chi connectivity index (χ2n) is 33.8. The summed E-state index contributed by atoms with van der Waals surface area (Å²) in [5.74, 6) is 2.92. The Balaban J connectivity index is 0.000000139. The second-order valence-corrected chi connectivity index (χ2v) is 33.8. The summed E-state index contributed by atoms with van der Waals surface area (Å²) in [6.07, 6.45) is 14.1. The fourth-order valence-corrected chi connectivity index (χ4v) is 16.5. The molecule has 16 aromatic rings. The van der Waals surface area contributed by atoms with Crippen molar-refractivity contribution in [3.63, 3.8) is 0 Å². The molecule has 0 spiro atoms. The van der Waals surface area contributed by atoms with Crippen molar-refractivity contribution < 1.29 is 9.84 Å². The summed E-state index contributed by atoms with van der Waals surface area (Å²) in [7, 11) is 6.38. The number of imidazole rings is 1. The number of nitrogens with zero attached hydrogens (tertiary/aromatic N) is 14. The number of H-pyrrole nitrogens is 6. The van der Waals surface area contributed by atoms with Crippen LogP contribution in [0.5, 0.6) is 0 Å². The molecule has 0 unspecified atom stereocenters. The number of nitrogens with two attached hydrogens (primary N) is 5. The summed E-state index contributed by atoms with van der Waals surface area (Å²) in [5.41, 5.74) is 57.3. The number of aromatic amines is 6. The number of aliphatic hydroxyl groups is 1. The number of unbranched alkanes of at least 4 members (excludes halogenated alkanes) is 2. The van der Waals surface area contributed by atoms with Crippen molar-refractivity contribution in [1.82, 2.24) is 122 Å². The number of piperazine rings is 1. The quantitative estimate of drug-likeness (QED) is 0.0161. The number of anilines is 5. The van der Waals surface area contributed by atoms with Crippen LogP contribution in [0, 0.1) is 34.6 Å². The molecule has 21 N–H and O–H groups in total. The van der Waals surface area contributed by atoms with E-state index < -0.39 is 0 Å². The molecule has 1 saturated heterocycles. The maximum atomic E-state index is 8.82. The molecule has 0 amide bonds. The first-order valence-corrected chi connectivity index (χ1v) is 45.8. The van der Waals surface area contributed by atoms with Crippen LogP contribution in [0.25, 0.3) is 111 Å². The molecule has 0 bridgehead atoms. The van der Waals surface area contributed by atoms with Crippen molar-refractivity contribution in [3.8, 4) is 56.3 Å². The third kappa shape index (κ3) is 26.0. The van der Waals surface area contributed by atoms with Crippen LogP contribution in [-0.4, -0.2) is 238 Å². The molecule has 0 radical (unpaired) electrons. The maximum absolute atomic E-state index is 8.82. The highest BCUT2D eigenvalue weighted by molar-refractivity contribution is 5.95. The number of aryl methyl sites for hydroxylation is 5. The van der Waals surface area contributed by atoms with E-state index in [1.54, 1.807) is 6.33 Å². The van der Waals surface area contributed by atoms with Gasteiger partial charge >= 0.3 is 0 Å². The molecule has 31 heteroatoms. The first-order chi connectivity index (χ1) is 63.8. The predicted molar refractivity (Wildman–Crippen MR) is 534 cm³/mol. The van der Waals surface area contributed by atoms with Crippen LogP contribution in [-0.2, 0) is 43.3 Å². The Bertz CT molecular complexity index is 6130. The molecular weight excluding hydrogens is 1640 g/mol. The molecule has 31 nitrogen and oxygen atoms in total. The molecule has 17 rings (SSSR count). The van der Waals surface area contributed by atoms with Gasteiger partial charge < -0.3 is 79.5 Å². The van der Waals surface area contributed by atoms with Gasteiger partial charge in [0.25, 0.3) is 0 Å². The number of nitrogens with one attached hydrogen (secondary N) is 10. The van der Waals surface area contributed by atoms with Gasteiger partial charge in [0.2, 0.25) is 0 Å². The average molecular weight is 1770 g/mol. The number of aromatic nitrogens is 17. The molecule has 0 aliphatic carbocycles. The van der Waals surface area contributed by atoms with Gasteiger partial charge in [-0.1, -0.05) is 121 Å². The Hall–Kier alpha value is -13.0. The lowest BCUT2D eigenvalue weighted by Crippen LogP contribution is -2.45. The van der Waals surface area contributed by atoms with Crippen LogP contribution < -0.4 is 49.9 Å². The lowest BCUT2D eigenvalue weighted by Gasteiger charge is -2.32. The Morgan fingerprint density at radius 3 is 1.02 bits per heavy atom. The molecule has 1 aliphatic rings. The van der Waals surface area contributed by atoms with E-state index in [9.17, 15) is 0 Å². The number of pyridine rings is 5. The first-order valence-electron chi connectivity index (χ1n) is 45.8. The minimum absolute atomic E-state index is 0.274. The van der Waals surface area contributed by atoms with Crippen LogP contribution in [0.3, 0.4) is 0 Å². The number of ether oxygens (including phenoxy) is 1. The van der Waals surface area contributed by atoms with E-state index in [1.165, 1.54) is 38.9 Å². The van der Waals surface area contributed by atoms with Crippen molar-refractivity contribution in [3.05, 3.63) is 226 Å². The van der Waals surface area contributed by atoms with Gasteiger partial charge in [-0.3, -0.25) is 25.5 Å². The SMILES string of the molecule is CCOCCCNCCc1cc(-c2ccccc2C)nc2n[nH]c(N)c12.Cc1ccccc1-c1cc(CCN2CCN(C)CC2)c2c(N)[nH]nc2n1.Cc1ccccc1-c1cc(CCNCCCCCO)c2c(N)[nH]nc2n1.Cc1ccccc1-c1cc(CCNCCCN(C)C)c2c(N)[nH]nc2n1.Cc1ccccc1-c1cc(CCNCCc2cnc[nH]2)c2c(N)[nH]nc2n1. The van der Waals surface area contributed by atoms with Gasteiger partial charge in [-0.25, -0.2) is 29.9 Å². The lowest BCUT2D eigenvalue weighted by atomic mass is 10.0. The van der Waals surface area contributed by atoms with Crippen molar-refractivity contribution in [1.29, 1.82) is 0 Å². The van der Waals surface area contributed by atoms with E-state index in [-0.39, 0.29) is 6.61 Å². The number of nitrogen functional groups attached to an aromatic ring is 5. The number of benzene rings is 5. The van der Waals surface area contributed by atoms with Crippen molar-refractivity contribution in [2.24, 2.45) is 0 Å². The van der Waals surface area contributed by atoms with Gasteiger partial charge in [0, 0.05) is 105 Å². The number of hydrogen-bond acceptors (Lipinski definition) is 25. The average Bonchev–Trinajstić information content (AvgIpc) is 1.70. The highest BCUT2D eigenvalue weighted by Crippen LogP contribution is 2.35. The fourth-order valence-electron chi connectivity index (χ4n) is 16.5. The minimum Gasteiger partial charge on any atom is -0.396 e. The second kappa shape index (κ2) is 48.1. The van der Waals surface area contributed by atoms with Crippen LogP contribution in [0.1, 0.15) is 100 Å². The van der Waals surface area contributed by atoms with Crippen LogP contribution in [0.15, 0.2) is 164 Å². The van der Waals surface area contributed by atoms with Crippen LogP contribution in [0.2, 0.25) is 0 Å². The van der Waals surface area contributed by atoms with Gasteiger partial charge in [0.15, 0.2) is 28.2 Å². The molecule has 0 atom stereocenters. The molecule has 131 heavy (non-hydrogen) atoms. The molecule has 688 valence electrons. The van der Waals surface area contributed by atoms with Gasteiger partial charge in [0.05, 0.1) is 61.7 Å². The van der Waals surface area contributed by atoms with Crippen LogP contribution in [0.4, 0.5) is 29.1 Å². The summed E-state index contributed by atoms with van der Waals surface area (Å²) in [6.45, 7) is 28.3. The Labute approximate surface area is 767 Å². The highest BCUT2D eigenvalue weighted by Gasteiger charge is 2.22. The molecule has 1 fully saturated rings. The van der Waals surface area contributed by atoms with E-state index in [4.69, 9.17) is 63.4 Å². The molecule has 1 aliphatic heterocycles. The first kappa shape index (κ1) is 95.6. The van der Waals surface area contributed by atoms with Gasteiger partial charge in [-0.05, 0) is 265 Å². The Kier molecular flexibility index (Phi) is 35.1. The molecule has 11 aromatic heterocycles. The zero-order valence-corrected chi connectivity index (χ0v) is 77.4. The van der Waals surface area contributed by atoms with E-state index in [2.05, 4.69) is 256 Å². The van der Waals surface area contributed by atoms with Crippen molar-refractivity contribution >= 4 is 84.3 Å². The van der Waals surface area contributed by atoms with E-state index in [0.717, 1.165) is 281 Å². The molecule has 5 aromatic carbocycles. The molecule has 0 saturated carbocycles. The largest absolute Gasteiger partial charge is 0.396 e. The van der Waals surface area contributed by atoms with Crippen molar-refractivity contribution in [2.45, 2.75) is 112 Å². The summed E-state index contributed by atoms with van der Waals surface area (Å²) in [5, 5.41) is 63.2.